The number of rotatable bonds is 4. The summed E-state index contributed by atoms with van der Waals surface area (Å²) in [6, 6.07) is 9.30. The van der Waals surface area contributed by atoms with Gasteiger partial charge >= 0.3 is 0 Å². The van der Waals surface area contributed by atoms with E-state index >= 15 is 0 Å². The van der Waals surface area contributed by atoms with E-state index in [9.17, 15) is 0 Å². The highest BCUT2D eigenvalue weighted by Crippen LogP contribution is 2.33. The summed E-state index contributed by atoms with van der Waals surface area (Å²) < 4.78 is 5.66. The standard InChI is InChI=1S/C13H12Cl2N2OS/c1-16-12-10(14)7-11(15)13(17-12)18-8-3-5-9(19-2)6-4-8/h3-7H,1-2H3,(H,16,17). The number of halogens is 2. The molecule has 3 nitrogen and oxygen atoms in total. The SMILES string of the molecule is CNc1nc(Oc2ccc(SC)cc2)c(Cl)cc1Cl. The second kappa shape index (κ2) is 6.37. The summed E-state index contributed by atoms with van der Waals surface area (Å²) >= 11 is 13.7. The van der Waals surface area contributed by atoms with Crippen molar-refractivity contribution in [3.8, 4) is 11.6 Å². The summed E-state index contributed by atoms with van der Waals surface area (Å²) in [5.41, 5.74) is 0. The van der Waals surface area contributed by atoms with Crippen LogP contribution >= 0.6 is 35.0 Å². The Balaban J connectivity index is 2.26. The molecule has 1 aromatic heterocycles. The van der Waals surface area contributed by atoms with Crippen LogP contribution in [0.5, 0.6) is 11.6 Å². The van der Waals surface area contributed by atoms with Crippen molar-refractivity contribution in [2.24, 2.45) is 0 Å². The predicted molar refractivity (Wildman–Crippen MR) is 82.1 cm³/mol. The first-order valence-corrected chi connectivity index (χ1v) is 7.48. The van der Waals surface area contributed by atoms with Crippen LogP contribution in [0, 0.1) is 0 Å². The quantitative estimate of drug-likeness (QED) is 0.810. The molecular formula is C13H12Cl2N2OS. The van der Waals surface area contributed by atoms with Crippen molar-refractivity contribution in [2.45, 2.75) is 4.90 Å². The monoisotopic (exact) mass is 314 g/mol. The van der Waals surface area contributed by atoms with Crippen LogP contribution in [0.2, 0.25) is 10.0 Å². The summed E-state index contributed by atoms with van der Waals surface area (Å²) in [5.74, 6) is 1.53. The molecule has 100 valence electrons. The normalized spacial score (nSPS) is 10.3. The third-order valence-corrected chi connectivity index (χ3v) is 3.71. The lowest BCUT2D eigenvalue weighted by Crippen LogP contribution is -1.96. The van der Waals surface area contributed by atoms with Gasteiger partial charge in [0.05, 0.1) is 5.02 Å². The fraction of sp³-hybridized carbons (Fsp3) is 0.154. The molecule has 0 saturated heterocycles. The summed E-state index contributed by atoms with van der Waals surface area (Å²) in [7, 11) is 1.74. The van der Waals surface area contributed by atoms with E-state index in [1.54, 1.807) is 24.9 Å². The molecule has 2 rings (SSSR count). The smallest absolute Gasteiger partial charge is 0.240 e. The molecule has 1 heterocycles. The molecule has 0 aliphatic heterocycles. The molecule has 1 aromatic carbocycles. The predicted octanol–water partition coefficient (Wildman–Crippen LogP) is 4.94. The molecule has 1 N–H and O–H groups in total. The second-order valence-electron chi connectivity index (χ2n) is 3.63. The van der Waals surface area contributed by atoms with Crippen LogP contribution in [0.15, 0.2) is 35.2 Å². The summed E-state index contributed by atoms with van der Waals surface area (Å²) in [4.78, 5) is 5.39. The van der Waals surface area contributed by atoms with Crippen molar-refractivity contribution in [1.82, 2.24) is 4.98 Å². The van der Waals surface area contributed by atoms with Crippen molar-refractivity contribution in [3.05, 3.63) is 40.4 Å². The van der Waals surface area contributed by atoms with Gasteiger partial charge in [0.1, 0.15) is 16.6 Å². The van der Waals surface area contributed by atoms with Crippen molar-refractivity contribution >= 4 is 40.8 Å². The number of hydrogen-bond acceptors (Lipinski definition) is 4. The molecule has 0 saturated carbocycles. The van der Waals surface area contributed by atoms with Gasteiger partial charge in [0.15, 0.2) is 0 Å². The molecule has 0 radical (unpaired) electrons. The van der Waals surface area contributed by atoms with Crippen LogP contribution < -0.4 is 10.1 Å². The van der Waals surface area contributed by atoms with Crippen LogP contribution in [0.3, 0.4) is 0 Å². The molecule has 19 heavy (non-hydrogen) atoms. The van der Waals surface area contributed by atoms with Gasteiger partial charge in [-0.1, -0.05) is 23.2 Å². The van der Waals surface area contributed by atoms with Crippen LogP contribution in [-0.2, 0) is 0 Å². The highest BCUT2D eigenvalue weighted by Gasteiger charge is 2.10. The first-order valence-electron chi connectivity index (χ1n) is 5.49. The van der Waals surface area contributed by atoms with E-state index in [1.165, 1.54) is 4.90 Å². The Morgan fingerprint density at radius 3 is 2.42 bits per heavy atom. The molecule has 0 bridgehead atoms. The highest BCUT2D eigenvalue weighted by molar-refractivity contribution is 7.98. The number of nitrogens with one attached hydrogen (secondary N) is 1. The molecule has 0 spiro atoms. The maximum Gasteiger partial charge on any atom is 0.240 e. The molecular weight excluding hydrogens is 303 g/mol. The number of aromatic nitrogens is 1. The van der Waals surface area contributed by atoms with Gasteiger partial charge in [-0.2, -0.15) is 4.98 Å². The Morgan fingerprint density at radius 2 is 1.84 bits per heavy atom. The fourth-order valence-electron chi connectivity index (χ4n) is 1.45. The molecule has 0 aliphatic carbocycles. The van der Waals surface area contributed by atoms with Gasteiger partial charge in [0, 0.05) is 11.9 Å². The average Bonchev–Trinajstić information content (AvgIpc) is 2.42. The van der Waals surface area contributed by atoms with Crippen molar-refractivity contribution < 1.29 is 4.74 Å². The Morgan fingerprint density at radius 1 is 1.16 bits per heavy atom. The molecule has 0 aliphatic rings. The maximum absolute atomic E-state index is 6.06. The topological polar surface area (TPSA) is 34.2 Å². The number of hydrogen-bond donors (Lipinski definition) is 1. The third kappa shape index (κ3) is 3.47. The van der Waals surface area contributed by atoms with Gasteiger partial charge < -0.3 is 10.1 Å². The van der Waals surface area contributed by atoms with Crippen LogP contribution in [0.1, 0.15) is 0 Å². The first-order chi connectivity index (χ1) is 9.13. The Labute approximate surface area is 126 Å². The Kier molecular flexibility index (Phi) is 4.80. The lowest BCUT2D eigenvalue weighted by atomic mass is 10.3. The van der Waals surface area contributed by atoms with Crippen molar-refractivity contribution in [2.75, 3.05) is 18.6 Å². The minimum atomic E-state index is 0.326. The van der Waals surface area contributed by atoms with Gasteiger partial charge in [0.25, 0.3) is 0 Å². The second-order valence-corrected chi connectivity index (χ2v) is 5.33. The molecule has 0 unspecified atom stereocenters. The lowest BCUT2D eigenvalue weighted by molar-refractivity contribution is 0.463. The van der Waals surface area contributed by atoms with E-state index in [0.29, 0.717) is 27.5 Å². The van der Waals surface area contributed by atoms with Crippen LogP contribution in [-0.4, -0.2) is 18.3 Å². The van der Waals surface area contributed by atoms with Gasteiger partial charge in [-0.15, -0.1) is 11.8 Å². The van der Waals surface area contributed by atoms with E-state index in [-0.39, 0.29) is 0 Å². The fourth-order valence-corrected chi connectivity index (χ4v) is 2.35. The molecule has 2 aromatic rings. The molecule has 0 fully saturated rings. The number of nitrogens with zero attached hydrogens (tertiary/aromatic N) is 1. The third-order valence-electron chi connectivity index (χ3n) is 2.41. The van der Waals surface area contributed by atoms with E-state index in [1.807, 2.05) is 30.5 Å². The average molecular weight is 315 g/mol. The number of anilines is 1. The zero-order valence-corrected chi connectivity index (χ0v) is 12.7. The number of benzene rings is 1. The highest BCUT2D eigenvalue weighted by atomic mass is 35.5. The number of thioether (sulfide) groups is 1. The van der Waals surface area contributed by atoms with Gasteiger partial charge in [-0.3, -0.25) is 0 Å². The minimum Gasteiger partial charge on any atom is -0.437 e. The van der Waals surface area contributed by atoms with Crippen LogP contribution in [0.25, 0.3) is 0 Å². The van der Waals surface area contributed by atoms with Crippen molar-refractivity contribution in [1.29, 1.82) is 0 Å². The number of ether oxygens (including phenoxy) is 1. The first kappa shape index (κ1) is 14.3. The van der Waals surface area contributed by atoms with Crippen LogP contribution in [0.4, 0.5) is 5.82 Å². The van der Waals surface area contributed by atoms with E-state index < -0.39 is 0 Å². The summed E-state index contributed by atoms with van der Waals surface area (Å²) in [5, 5.41) is 3.71. The molecule has 6 heteroatoms. The van der Waals surface area contributed by atoms with Gasteiger partial charge in [-0.25, -0.2) is 0 Å². The largest absolute Gasteiger partial charge is 0.437 e. The van der Waals surface area contributed by atoms with E-state index in [0.717, 1.165) is 0 Å². The molecule has 0 amide bonds. The zero-order valence-electron chi connectivity index (χ0n) is 10.4. The Hall–Kier alpha value is -1.10. The Bertz CT molecular complexity index is 576. The van der Waals surface area contributed by atoms with Gasteiger partial charge in [0.2, 0.25) is 5.88 Å². The number of pyridine rings is 1. The maximum atomic E-state index is 6.06. The van der Waals surface area contributed by atoms with Crippen molar-refractivity contribution in [3.63, 3.8) is 0 Å². The van der Waals surface area contributed by atoms with E-state index in [4.69, 9.17) is 27.9 Å². The minimum absolute atomic E-state index is 0.326. The van der Waals surface area contributed by atoms with Gasteiger partial charge in [-0.05, 0) is 36.6 Å². The van der Waals surface area contributed by atoms with E-state index in [2.05, 4.69) is 10.3 Å². The summed E-state index contributed by atoms with van der Waals surface area (Å²) in [6.07, 6.45) is 2.02. The zero-order chi connectivity index (χ0) is 13.8. The molecule has 0 atom stereocenters. The lowest BCUT2D eigenvalue weighted by Gasteiger charge is -2.10. The summed E-state index contributed by atoms with van der Waals surface area (Å²) in [6.45, 7) is 0.